The number of pyridine rings is 1. The topological polar surface area (TPSA) is 50.2 Å². The number of anilines is 2. The molecular weight excluding hydrogens is 355 g/mol. The number of carbonyl (C=O) groups excluding carboxylic acids is 1. The van der Waals surface area contributed by atoms with Crippen molar-refractivity contribution in [1.82, 2.24) is 14.5 Å². The van der Waals surface area contributed by atoms with Crippen LogP contribution in [0.2, 0.25) is 5.02 Å². The maximum absolute atomic E-state index is 13.5. The van der Waals surface area contributed by atoms with Gasteiger partial charge in [-0.1, -0.05) is 11.6 Å². The minimum Gasteiger partial charge on any atom is -0.344 e. The Kier molecular flexibility index (Phi) is 5.13. The minimum atomic E-state index is -0.381. The van der Waals surface area contributed by atoms with Gasteiger partial charge in [0.05, 0.1) is 16.2 Å². The normalized spacial score (nSPS) is 11.0. The number of halogens is 2. The summed E-state index contributed by atoms with van der Waals surface area (Å²) in [4.78, 5) is 18.3. The average Bonchev–Trinajstić information content (AvgIpc) is 3.01. The predicted molar refractivity (Wildman–Crippen MR) is 102 cm³/mol. The molecular formula is C19H20ClFN4O. The van der Waals surface area contributed by atoms with Gasteiger partial charge in [0.1, 0.15) is 18.2 Å². The van der Waals surface area contributed by atoms with Gasteiger partial charge in [0, 0.05) is 31.4 Å². The second-order valence-corrected chi connectivity index (χ2v) is 6.56. The molecule has 0 fully saturated rings. The minimum absolute atomic E-state index is 0.0359. The number of likely N-dealkylation sites (N-methyl/N-ethyl adjacent to an activating group) is 1. The molecule has 0 aliphatic heterocycles. The number of fused-ring (bicyclic) bond motifs is 1. The summed E-state index contributed by atoms with van der Waals surface area (Å²) in [6.45, 7) is 4.64. The smallest absolute Gasteiger partial charge is 0.242 e. The highest BCUT2D eigenvalue weighted by molar-refractivity contribution is 6.33. The standard InChI is InChI=1S/C19H20ClFN4O/c1-4-24(3)17(26)11-25-8-6-14-16(25)5-7-22-19(14)23-18-12(2)9-13(21)10-15(18)20/h5-10H,4,11H2,1-3H3,(H,22,23). The Morgan fingerprint density at radius 3 is 2.85 bits per heavy atom. The van der Waals surface area contributed by atoms with Crippen LogP contribution in [0.1, 0.15) is 12.5 Å². The zero-order valence-electron chi connectivity index (χ0n) is 14.9. The lowest BCUT2D eigenvalue weighted by molar-refractivity contribution is -0.130. The van der Waals surface area contributed by atoms with Gasteiger partial charge in [-0.05, 0) is 43.7 Å². The van der Waals surface area contributed by atoms with Gasteiger partial charge in [0.15, 0.2) is 0 Å². The van der Waals surface area contributed by atoms with Crippen molar-refractivity contribution in [2.75, 3.05) is 18.9 Å². The summed E-state index contributed by atoms with van der Waals surface area (Å²) in [6, 6.07) is 6.44. The number of nitrogens with one attached hydrogen (secondary N) is 1. The molecule has 0 aliphatic carbocycles. The summed E-state index contributed by atoms with van der Waals surface area (Å²) in [5, 5.41) is 4.35. The molecule has 1 N–H and O–H groups in total. The number of hydrogen-bond donors (Lipinski definition) is 1. The molecule has 0 spiro atoms. The van der Waals surface area contributed by atoms with Gasteiger partial charge >= 0.3 is 0 Å². The lowest BCUT2D eigenvalue weighted by atomic mass is 10.2. The van der Waals surface area contributed by atoms with Gasteiger partial charge in [-0.2, -0.15) is 0 Å². The highest BCUT2D eigenvalue weighted by Crippen LogP contribution is 2.32. The molecule has 0 saturated carbocycles. The highest BCUT2D eigenvalue weighted by Gasteiger charge is 2.14. The fourth-order valence-corrected chi connectivity index (χ4v) is 3.08. The van der Waals surface area contributed by atoms with E-state index < -0.39 is 0 Å². The fraction of sp³-hybridized carbons (Fsp3) is 0.263. The van der Waals surface area contributed by atoms with E-state index in [2.05, 4.69) is 10.3 Å². The van der Waals surface area contributed by atoms with Gasteiger partial charge < -0.3 is 14.8 Å². The van der Waals surface area contributed by atoms with Crippen molar-refractivity contribution in [3.8, 4) is 0 Å². The van der Waals surface area contributed by atoms with E-state index in [-0.39, 0.29) is 18.3 Å². The van der Waals surface area contributed by atoms with Crippen LogP contribution >= 0.6 is 11.6 Å². The zero-order chi connectivity index (χ0) is 18.8. The number of amides is 1. The van der Waals surface area contributed by atoms with Crippen molar-refractivity contribution >= 4 is 39.9 Å². The first-order valence-corrected chi connectivity index (χ1v) is 8.69. The molecule has 3 rings (SSSR count). The van der Waals surface area contributed by atoms with E-state index in [1.54, 1.807) is 25.1 Å². The molecule has 2 aromatic heterocycles. The van der Waals surface area contributed by atoms with Crippen LogP contribution in [0.4, 0.5) is 15.9 Å². The van der Waals surface area contributed by atoms with Crippen molar-refractivity contribution in [1.29, 1.82) is 0 Å². The Balaban J connectivity index is 1.96. The molecule has 136 valence electrons. The number of nitrogens with zero attached hydrogens (tertiary/aromatic N) is 3. The van der Waals surface area contributed by atoms with Gasteiger partial charge in [-0.15, -0.1) is 0 Å². The molecule has 1 aromatic carbocycles. The van der Waals surface area contributed by atoms with Crippen LogP contribution in [0.3, 0.4) is 0 Å². The maximum atomic E-state index is 13.5. The third-order valence-electron chi connectivity index (χ3n) is 4.40. The average molecular weight is 375 g/mol. The molecule has 1 amide bonds. The Morgan fingerprint density at radius 1 is 1.38 bits per heavy atom. The first-order valence-electron chi connectivity index (χ1n) is 8.31. The number of benzene rings is 1. The molecule has 5 nitrogen and oxygen atoms in total. The summed E-state index contributed by atoms with van der Waals surface area (Å²) in [6.07, 6.45) is 3.53. The Bertz CT molecular complexity index is 946. The van der Waals surface area contributed by atoms with E-state index in [1.807, 2.05) is 29.8 Å². The molecule has 7 heteroatoms. The maximum Gasteiger partial charge on any atom is 0.242 e. The lowest BCUT2D eigenvalue weighted by Crippen LogP contribution is -2.29. The lowest BCUT2D eigenvalue weighted by Gasteiger charge is -2.15. The highest BCUT2D eigenvalue weighted by atomic mass is 35.5. The number of aryl methyl sites for hydroxylation is 1. The van der Waals surface area contributed by atoms with E-state index in [9.17, 15) is 9.18 Å². The van der Waals surface area contributed by atoms with Crippen molar-refractivity contribution < 1.29 is 9.18 Å². The van der Waals surface area contributed by atoms with Crippen LogP contribution in [-0.4, -0.2) is 34.0 Å². The summed E-state index contributed by atoms with van der Waals surface area (Å²) < 4.78 is 15.3. The first kappa shape index (κ1) is 18.2. The van der Waals surface area contributed by atoms with Gasteiger partial charge in [-0.3, -0.25) is 4.79 Å². The summed E-state index contributed by atoms with van der Waals surface area (Å²) >= 11 is 6.18. The molecule has 0 aliphatic rings. The number of rotatable bonds is 5. The Labute approximate surface area is 156 Å². The number of hydrogen-bond acceptors (Lipinski definition) is 3. The van der Waals surface area contributed by atoms with Crippen LogP contribution in [0.25, 0.3) is 10.9 Å². The zero-order valence-corrected chi connectivity index (χ0v) is 15.6. The quantitative estimate of drug-likeness (QED) is 0.721. The van der Waals surface area contributed by atoms with E-state index >= 15 is 0 Å². The number of carbonyl (C=O) groups is 1. The Morgan fingerprint density at radius 2 is 2.15 bits per heavy atom. The molecule has 0 bridgehead atoms. The summed E-state index contributed by atoms with van der Waals surface area (Å²) in [5.41, 5.74) is 2.19. The molecule has 0 radical (unpaired) electrons. The number of aromatic nitrogens is 2. The SMILES string of the molecule is CCN(C)C(=O)Cn1ccc2c(Nc3c(C)cc(F)cc3Cl)nccc21. The fourth-order valence-electron chi connectivity index (χ4n) is 2.78. The predicted octanol–water partition coefficient (Wildman–Crippen LogP) is 4.36. The van der Waals surface area contributed by atoms with Crippen molar-refractivity contribution in [2.24, 2.45) is 0 Å². The molecule has 2 heterocycles. The molecule has 0 atom stereocenters. The molecule has 0 saturated heterocycles. The van der Waals surface area contributed by atoms with E-state index in [0.29, 0.717) is 28.6 Å². The van der Waals surface area contributed by atoms with E-state index in [0.717, 1.165) is 10.9 Å². The third-order valence-corrected chi connectivity index (χ3v) is 4.70. The van der Waals surface area contributed by atoms with Crippen molar-refractivity contribution in [2.45, 2.75) is 20.4 Å². The van der Waals surface area contributed by atoms with Gasteiger partial charge in [-0.25, -0.2) is 9.37 Å². The second kappa shape index (κ2) is 7.33. The summed E-state index contributed by atoms with van der Waals surface area (Å²) in [5.74, 6) is 0.261. The van der Waals surface area contributed by atoms with Gasteiger partial charge in [0.25, 0.3) is 0 Å². The van der Waals surface area contributed by atoms with E-state index in [1.165, 1.54) is 12.1 Å². The molecule has 3 aromatic rings. The Hall–Kier alpha value is -2.60. The van der Waals surface area contributed by atoms with Crippen molar-refractivity contribution in [3.63, 3.8) is 0 Å². The van der Waals surface area contributed by atoms with Crippen LogP contribution < -0.4 is 5.32 Å². The third kappa shape index (κ3) is 3.51. The monoisotopic (exact) mass is 374 g/mol. The van der Waals surface area contributed by atoms with Gasteiger partial charge in [0.2, 0.25) is 5.91 Å². The summed E-state index contributed by atoms with van der Waals surface area (Å²) in [7, 11) is 1.78. The van der Waals surface area contributed by atoms with Crippen LogP contribution in [0.15, 0.2) is 36.7 Å². The van der Waals surface area contributed by atoms with Crippen LogP contribution in [0, 0.1) is 12.7 Å². The van der Waals surface area contributed by atoms with Crippen molar-refractivity contribution in [3.05, 3.63) is 53.1 Å². The molecule has 0 unspecified atom stereocenters. The van der Waals surface area contributed by atoms with Crippen LogP contribution in [0.5, 0.6) is 0 Å². The largest absolute Gasteiger partial charge is 0.344 e. The van der Waals surface area contributed by atoms with E-state index in [4.69, 9.17) is 11.6 Å². The second-order valence-electron chi connectivity index (χ2n) is 6.15. The first-order chi connectivity index (χ1) is 12.4. The molecule has 26 heavy (non-hydrogen) atoms. The van der Waals surface area contributed by atoms with Crippen LogP contribution in [-0.2, 0) is 11.3 Å².